The Balaban J connectivity index is 2.44. The van der Waals surface area contributed by atoms with Gasteiger partial charge in [0.15, 0.2) is 0 Å². The molecule has 1 aromatic rings. The molecular weight excluding hydrogens is 156 g/mol. The summed E-state index contributed by atoms with van der Waals surface area (Å²) in [7, 11) is 0. The molecule has 68 valence electrons. The van der Waals surface area contributed by atoms with Crippen molar-refractivity contribution < 1.29 is 4.52 Å². The summed E-state index contributed by atoms with van der Waals surface area (Å²) in [5, 5.41) is 6.67. The van der Waals surface area contributed by atoms with Crippen LogP contribution in [0.25, 0.3) is 0 Å². The molecule has 0 atom stereocenters. The Morgan fingerprint density at radius 3 is 2.58 bits per heavy atom. The molecule has 5 nitrogen and oxygen atoms in total. The van der Waals surface area contributed by atoms with E-state index in [9.17, 15) is 0 Å². The highest BCUT2D eigenvalue weighted by atomic mass is 16.5. The minimum Gasteiger partial charge on any atom is -0.365 e. The maximum atomic E-state index is 5.27. The van der Waals surface area contributed by atoms with Gasteiger partial charge in [-0.15, -0.1) is 0 Å². The monoisotopic (exact) mass is 170 g/mol. The normalized spacial score (nSPS) is 11.9. The number of nitrogens with two attached hydrogens (primary N) is 1. The van der Waals surface area contributed by atoms with E-state index in [1.165, 1.54) is 0 Å². The maximum absolute atomic E-state index is 5.27. The number of aromatic nitrogens is 2. The van der Waals surface area contributed by atoms with E-state index < -0.39 is 0 Å². The Bertz CT molecular complexity index is 250. The van der Waals surface area contributed by atoms with Crippen molar-refractivity contribution in [3.05, 3.63) is 5.89 Å². The van der Waals surface area contributed by atoms with Crippen molar-refractivity contribution in [1.82, 2.24) is 15.5 Å². The van der Waals surface area contributed by atoms with E-state index in [1.807, 2.05) is 0 Å². The van der Waals surface area contributed by atoms with Gasteiger partial charge in [0.1, 0.15) is 0 Å². The second-order valence-electron chi connectivity index (χ2n) is 3.65. The third-order valence-electron chi connectivity index (χ3n) is 1.25. The van der Waals surface area contributed by atoms with Gasteiger partial charge in [-0.25, -0.2) is 0 Å². The van der Waals surface area contributed by atoms with E-state index in [0.29, 0.717) is 12.4 Å². The van der Waals surface area contributed by atoms with Crippen LogP contribution in [0.1, 0.15) is 26.7 Å². The van der Waals surface area contributed by atoms with Gasteiger partial charge in [0.25, 0.3) is 5.95 Å². The molecule has 12 heavy (non-hydrogen) atoms. The predicted molar refractivity (Wildman–Crippen MR) is 45.3 cm³/mol. The van der Waals surface area contributed by atoms with Gasteiger partial charge in [0, 0.05) is 5.54 Å². The first-order chi connectivity index (χ1) is 5.47. The summed E-state index contributed by atoms with van der Waals surface area (Å²) in [4.78, 5) is 3.85. The van der Waals surface area contributed by atoms with Gasteiger partial charge in [0.05, 0.1) is 6.54 Å². The minimum atomic E-state index is 0.0449. The van der Waals surface area contributed by atoms with Gasteiger partial charge in [-0.1, -0.05) is 0 Å². The largest absolute Gasteiger partial charge is 0.365 e. The fourth-order valence-electron chi connectivity index (χ4n) is 0.681. The fourth-order valence-corrected chi connectivity index (χ4v) is 0.681. The molecular formula is C7H14N4O. The highest BCUT2D eigenvalue weighted by Crippen LogP contribution is 2.02. The molecule has 0 amide bonds. The summed E-state index contributed by atoms with van der Waals surface area (Å²) in [6.45, 7) is 6.74. The van der Waals surface area contributed by atoms with Gasteiger partial charge in [-0.05, 0) is 25.9 Å². The van der Waals surface area contributed by atoms with Crippen LogP contribution in [0.4, 0.5) is 5.95 Å². The lowest BCUT2D eigenvalue weighted by Crippen LogP contribution is -2.35. The molecule has 0 spiro atoms. The lowest BCUT2D eigenvalue weighted by atomic mass is 10.1. The van der Waals surface area contributed by atoms with E-state index in [1.54, 1.807) is 0 Å². The summed E-state index contributed by atoms with van der Waals surface area (Å²) in [6.07, 6.45) is 0. The van der Waals surface area contributed by atoms with Crippen LogP contribution in [-0.4, -0.2) is 15.7 Å². The lowest BCUT2D eigenvalue weighted by Gasteiger charge is -2.18. The van der Waals surface area contributed by atoms with E-state index >= 15 is 0 Å². The van der Waals surface area contributed by atoms with E-state index in [4.69, 9.17) is 10.3 Å². The van der Waals surface area contributed by atoms with Crippen LogP contribution in [0.15, 0.2) is 4.52 Å². The van der Waals surface area contributed by atoms with Crippen molar-refractivity contribution in [2.45, 2.75) is 32.9 Å². The molecule has 0 aliphatic rings. The molecule has 5 heteroatoms. The van der Waals surface area contributed by atoms with Crippen molar-refractivity contribution in [3.8, 4) is 0 Å². The first-order valence-electron chi connectivity index (χ1n) is 3.80. The molecule has 0 fully saturated rings. The van der Waals surface area contributed by atoms with Gasteiger partial charge >= 0.3 is 0 Å². The first-order valence-corrected chi connectivity index (χ1v) is 3.80. The quantitative estimate of drug-likeness (QED) is 0.677. The Kier molecular flexibility index (Phi) is 2.32. The zero-order valence-corrected chi connectivity index (χ0v) is 7.59. The maximum Gasteiger partial charge on any atom is 0.260 e. The molecule has 0 aromatic carbocycles. The lowest BCUT2D eigenvalue weighted by molar-refractivity contribution is 0.336. The molecule has 1 heterocycles. The SMILES string of the molecule is CC(C)(C)NCc1nc(N)no1. The van der Waals surface area contributed by atoms with E-state index in [0.717, 1.165) is 0 Å². The standard InChI is InChI=1S/C7H14N4O/c1-7(2,3)9-4-5-10-6(8)11-12-5/h9H,4H2,1-3H3,(H2,8,11). The Morgan fingerprint density at radius 1 is 1.50 bits per heavy atom. The number of hydrogen-bond donors (Lipinski definition) is 2. The van der Waals surface area contributed by atoms with Crippen LogP contribution < -0.4 is 11.1 Å². The average molecular weight is 170 g/mol. The fraction of sp³-hybridized carbons (Fsp3) is 0.714. The number of hydrogen-bond acceptors (Lipinski definition) is 5. The van der Waals surface area contributed by atoms with Crippen LogP contribution in [0.2, 0.25) is 0 Å². The van der Waals surface area contributed by atoms with Gasteiger partial charge in [-0.3, -0.25) is 0 Å². The number of nitrogens with one attached hydrogen (secondary N) is 1. The molecule has 0 saturated carbocycles. The molecule has 3 N–H and O–H groups in total. The number of anilines is 1. The van der Waals surface area contributed by atoms with Crippen molar-refractivity contribution in [3.63, 3.8) is 0 Å². The summed E-state index contributed by atoms with van der Waals surface area (Å²) < 4.78 is 4.81. The van der Waals surface area contributed by atoms with Crippen molar-refractivity contribution in [2.24, 2.45) is 0 Å². The highest BCUT2D eigenvalue weighted by Gasteiger charge is 2.10. The molecule has 1 aromatic heterocycles. The van der Waals surface area contributed by atoms with Crippen LogP contribution >= 0.6 is 0 Å². The third-order valence-corrected chi connectivity index (χ3v) is 1.25. The zero-order chi connectivity index (χ0) is 9.19. The topological polar surface area (TPSA) is 77.0 Å². The van der Waals surface area contributed by atoms with Crippen LogP contribution in [0, 0.1) is 0 Å². The van der Waals surface area contributed by atoms with Crippen molar-refractivity contribution in [2.75, 3.05) is 5.73 Å². The number of rotatable bonds is 2. The van der Waals surface area contributed by atoms with Crippen LogP contribution in [-0.2, 0) is 6.54 Å². The minimum absolute atomic E-state index is 0.0449. The summed E-state index contributed by atoms with van der Waals surface area (Å²) in [5.74, 6) is 0.697. The molecule has 0 unspecified atom stereocenters. The molecule has 0 bridgehead atoms. The predicted octanol–water partition coefficient (Wildman–Crippen LogP) is 0.540. The van der Waals surface area contributed by atoms with E-state index in [2.05, 4.69) is 36.2 Å². The first kappa shape index (κ1) is 8.99. The van der Waals surface area contributed by atoms with Gasteiger partial charge in [0.2, 0.25) is 5.89 Å². The summed E-state index contributed by atoms with van der Waals surface area (Å²) in [6, 6.07) is 0. The second-order valence-corrected chi connectivity index (χ2v) is 3.65. The van der Waals surface area contributed by atoms with Crippen molar-refractivity contribution >= 4 is 5.95 Å². The Hall–Kier alpha value is -1.10. The van der Waals surface area contributed by atoms with Crippen LogP contribution in [0.5, 0.6) is 0 Å². The number of nitrogen functional groups attached to an aromatic ring is 1. The second kappa shape index (κ2) is 3.10. The Labute approximate surface area is 71.3 Å². The summed E-state index contributed by atoms with van der Waals surface area (Å²) in [5.41, 5.74) is 5.32. The average Bonchev–Trinajstić information content (AvgIpc) is 2.30. The third kappa shape index (κ3) is 2.87. The molecule has 0 aliphatic carbocycles. The van der Waals surface area contributed by atoms with E-state index in [-0.39, 0.29) is 11.5 Å². The van der Waals surface area contributed by atoms with Gasteiger partial charge in [-0.2, -0.15) is 4.98 Å². The zero-order valence-electron chi connectivity index (χ0n) is 7.59. The molecule has 0 saturated heterocycles. The van der Waals surface area contributed by atoms with Gasteiger partial charge < -0.3 is 15.6 Å². The highest BCUT2D eigenvalue weighted by molar-refractivity contribution is 5.10. The molecule has 0 radical (unpaired) electrons. The van der Waals surface area contributed by atoms with Crippen LogP contribution in [0.3, 0.4) is 0 Å². The smallest absolute Gasteiger partial charge is 0.260 e. The molecule has 1 rings (SSSR count). The van der Waals surface area contributed by atoms with Crippen molar-refractivity contribution in [1.29, 1.82) is 0 Å². The molecule has 0 aliphatic heterocycles. The number of nitrogens with zero attached hydrogens (tertiary/aromatic N) is 2. The summed E-state index contributed by atoms with van der Waals surface area (Å²) >= 11 is 0. The Morgan fingerprint density at radius 2 is 2.17 bits per heavy atom.